The Labute approximate surface area is 101 Å². The smallest absolute Gasteiger partial charge is 0.440 e. The molecule has 1 heterocycles. The lowest BCUT2D eigenvalue weighted by Crippen LogP contribution is -2.29. The summed E-state index contributed by atoms with van der Waals surface area (Å²) in [4.78, 5) is 10.1. The summed E-state index contributed by atoms with van der Waals surface area (Å²) in [5.74, 6) is 0.283. The molecule has 11 heteroatoms. The summed E-state index contributed by atoms with van der Waals surface area (Å²) in [6, 6.07) is 3.71. The molecule has 0 bridgehead atoms. The van der Waals surface area contributed by atoms with E-state index in [2.05, 4.69) is 8.57 Å². The van der Waals surface area contributed by atoms with Crippen LogP contribution in [0.25, 0.3) is 0 Å². The molecule has 1 aromatic rings. The number of nitrogens with zero attached hydrogens (tertiary/aromatic N) is 2. The number of hydrazine groups is 1. The predicted molar refractivity (Wildman–Crippen MR) is 56.4 cm³/mol. The van der Waals surface area contributed by atoms with Crippen LogP contribution < -0.4 is 15.5 Å². The highest BCUT2D eigenvalue weighted by Gasteiger charge is 2.33. The summed E-state index contributed by atoms with van der Waals surface area (Å²) in [6.45, 7) is 0. The Morgan fingerprint density at radius 3 is 2.72 bits per heavy atom. The molecule has 1 aromatic carbocycles. The lowest BCUT2D eigenvalue weighted by Gasteiger charge is -2.12. The number of nitro benzene ring substituents is 1. The maximum Gasteiger partial charge on any atom is 0.440 e. The minimum atomic E-state index is -4.25. The molecule has 1 saturated heterocycles. The molecule has 0 atom stereocenters. The Morgan fingerprint density at radius 2 is 2.22 bits per heavy atom. The highest BCUT2D eigenvalue weighted by molar-refractivity contribution is 7.82. The van der Waals surface area contributed by atoms with E-state index in [4.69, 9.17) is 4.74 Å². The number of nitro groups is 1. The van der Waals surface area contributed by atoms with Crippen LogP contribution in [0.4, 0.5) is 11.4 Å². The summed E-state index contributed by atoms with van der Waals surface area (Å²) in [5, 5.41) is 11.3. The first-order valence-corrected chi connectivity index (χ1v) is 5.77. The van der Waals surface area contributed by atoms with Crippen LogP contribution in [0, 0.1) is 10.1 Å². The molecule has 0 aromatic heterocycles. The number of nitrogens with one attached hydrogen (secondary N) is 1. The molecule has 0 spiro atoms. The van der Waals surface area contributed by atoms with Crippen molar-refractivity contribution in [1.29, 1.82) is 0 Å². The maximum atomic E-state index is 10.9. The van der Waals surface area contributed by atoms with E-state index in [1.54, 1.807) is 0 Å². The van der Waals surface area contributed by atoms with Crippen LogP contribution >= 0.6 is 0 Å². The topological polar surface area (TPSA) is 120 Å². The highest BCUT2D eigenvalue weighted by atomic mass is 32.3. The molecule has 18 heavy (non-hydrogen) atoms. The van der Waals surface area contributed by atoms with Gasteiger partial charge in [0, 0.05) is 12.1 Å². The van der Waals surface area contributed by atoms with Gasteiger partial charge in [-0.05, 0) is 6.07 Å². The van der Waals surface area contributed by atoms with E-state index in [1.807, 2.05) is 5.59 Å². The zero-order valence-electron chi connectivity index (χ0n) is 8.89. The van der Waals surface area contributed by atoms with E-state index in [9.17, 15) is 18.5 Å². The Balaban J connectivity index is 2.44. The molecule has 0 aliphatic carbocycles. The van der Waals surface area contributed by atoms with E-state index in [0.717, 1.165) is 6.07 Å². The van der Waals surface area contributed by atoms with Gasteiger partial charge in [0.2, 0.25) is 0 Å². The Morgan fingerprint density at radius 1 is 1.50 bits per heavy atom. The van der Waals surface area contributed by atoms with Crippen LogP contribution in [0.2, 0.25) is 0 Å². The molecular formula is C7H7N3O7S. The summed E-state index contributed by atoms with van der Waals surface area (Å²) in [5.41, 5.74) is 1.31. The number of anilines is 1. The molecule has 1 N–H and O–H groups in total. The van der Waals surface area contributed by atoms with E-state index in [-0.39, 0.29) is 17.1 Å². The lowest BCUT2D eigenvalue weighted by molar-refractivity contribution is -0.384. The summed E-state index contributed by atoms with van der Waals surface area (Å²) in [6.07, 6.45) is 0. The number of ether oxygens (including phenoxy) is 1. The summed E-state index contributed by atoms with van der Waals surface area (Å²) < 4.78 is 35.1. The van der Waals surface area contributed by atoms with Crippen LogP contribution in [0.5, 0.6) is 5.75 Å². The van der Waals surface area contributed by atoms with Crippen LogP contribution in [0.15, 0.2) is 18.2 Å². The molecule has 0 amide bonds. The number of benzene rings is 1. The third-order valence-electron chi connectivity index (χ3n) is 1.99. The molecule has 1 aliphatic heterocycles. The quantitative estimate of drug-likeness (QED) is 0.602. The van der Waals surface area contributed by atoms with Crippen LogP contribution in [0.3, 0.4) is 0 Å². The van der Waals surface area contributed by atoms with Crippen molar-refractivity contribution in [2.45, 2.75) is 0 Å². The lowest BCUT2D eigenvalue weighted by atomic mass is 10.2. The standard InChI is InChI=1S/C7H7N3O7S/c1-15-5-2-3-6(10(11)12)7(4-5)9-8-16-18(13,14)17-9/h2-4,8H,1H3. The SMILES string of the molecule is COc1ccc([N+](=O)[O-])c(N2NOS(=O)(=O)O2)c1. The van der Waals surface area contributed by atoms with Gasteiger partial charge < -0.3 is 4.74 Å². The number of rotatable bonds is 3. The average molecular weight is 277 g/mol. The minimum Gasteiger partial charge on any atom is -0.497 e. The van der Waals surface area contributed by atoms with Gasteiger partial charge in [-0.2, -0.15) is 8.42 Å². The normalized spacial score (nSPS) is 17.7. The summed E-state index contributed by atoms with van der Waals surface area (Å²) >= 11 is 0. The number of hydrogen-bond acceptors (Lipinski definition) is 9. The van der Waals surface area contributed by atoms with Crippen molar-refractivity contribution >= 4 is 21.8 Å². The second-order valence-corrected chi connectivity index (χ2v) is 4.20. The maximum absolute atomic E-state index is 10.9. The van der Waals surface area contributed by atoms with Gasteiger partial charge >= 0.3 is 10.4 Å². The van der Waals surface area contributed by atoms with Gasteiger partial charge in [-0.15, -0.1) is 13.7 Å². The van der Waals surface area contributed by atoms with E-state index in [0.29, 0.717) is 5.17 Å². The minimum absolute atomic E-state index is 0.180. The monoisotopic (exact) mass is 277 g/mol. The first-order chi connectivity index (χ1) is 8.43. The van der Waals surface area contributed by atoms with Gasteiger partial charge in [0.25, 0.3) is 5.69 Å². The zero-order chi connectivity index (χ0) is 13.3. The van der Waals surface area contributed by atoms with Gasteiger partial charge in [-0.3, -0.25) is 10.1 Å². The van der Waals surface area contributed by atoms with Crippen molar-refractivity contribution in [1.82, 2.24) is 5.59 Å². The molecule has 98 valence electrons. The molecule has 1 aliphatic rings. The fourth-order valence-electron chi connectivity index (χ4n) is 1.24. The van der Waals surface area contributed by atoms with Crippen molar-refractivity contribution in [2.24, 2.45) is 0 Å². The predicted octanol–water partition coefficient (Wildman–Crippen LogP) is 0.0360. The molecule has 2 rings (SSSR count). The third-order valence-corrected chi connectivity index (χ3v) is 2.60. The van der Waals surface area contributed by atoms with Crippen molar-refractivity contribution in [2.75, 3.05) is 12.3 Å². The van der Waals surface area contributed by atoms with Gasteiger partial charge in [0.05, 0.1) is 12.0 Å². The number of hydrogen-bond donors (Lipinski definition) is 1. The largest absolute Gasteiger partial charge is 0.497 e. The second kappa shape index (κ2) is 4.38. The van der Waals surface area contributed by atoms with Gasteiger partial charge in [-0.25, -0.2) is 0 Å². The van der Waals surface area contributed by atoms with Crippen molar-refractivity contribution in [3.63, 3.8) is 0 Å². The van der Waals surface area contributed by atoms with Gasteiger partial charge in [0.15, 0.2) is 5.69 Å². The van der Waals surface area contributed by atoms with E-state index >= 15 is 0 Å². The van der Waals surface area contributed by atoms with E-state index in [1.165, 1.54) is 19.2 Å². The van der Waals surface area contributed by atoms with Crippen LogP contribution in [-0.4, -0.2) is 20.5 Å². The molecular weight excluding hydrogens is 270 g/mol. The van der Waals surface area contributed by atoms with Crippen molar-refractivity contribution in [3.05, 3.63) is 28.3 Å². The first-order valence-electron chi connectivity index (χ1n) is 4.44. The molecule has 0 saturated carbocycles. The second-order valence-electron chi connectivity index (χ2n) is 3.06. The molecule has 10 nitrogen and oxygen atoms in total. The van der Waals surface area contributed by atoms with Crippen molar-refractivity contribution in [3.8, 4) is 5.75 Å². The highest BCUT2D eigenvalue weighted by Crippen LogP contribution is 2.33. The Kier molecular flexibility index (Phi) is 3.04. The molecule has 0 radical (unpaired) electrons. The molecule has 0 unspecified atom stereocenters. The van der Waals surface area contributed by atoms with Crippen LogP contribution in [0.1, 0.15) is 0 Å². The van der Waals surface area contributed by atoms with E-state index < -0.39 is 15.3 Å². The zero-order valence-corrected chi connectivity index (χ0v) is 9.71. The average Bonchev–Trinajstić information content (AvgIpc) is 2.68. The Bertz CT molecular complexity index is 587. The Hall–Kier alpha value is -1.95. The van der Waals surface area contributed by atoms with Crippen molar-refractivity contribution < 1.29 is 26.6 Å². The number of methoxy groups -OCH3 is 1. The fraction of sp³-hybridized carbons (Fsp3) is 0.143. The van der Waals surface area contributed by atoms with Crippen LogP contribution in [-0.2, 0) is 19.0 Å². The first kappa shape index (κ1) is 12.5. The van der Waals surface area contributed by atoms with Gasteiger partial charge in [0.1, 0.15) is 5.75 Å². The fourth-order valence-corrected chi connectivity index (χ4v) is 1.72. The van der Waals surface area contributed by atoms with Gasteiger partial charge in [-0.1, -0.05) is 5.59 Å². The summed E-state index contributed by atoms with van der Waals surface area (Å²) in [7, 11) is -2.90. The molecule has 1 fully saturated rings. The third kappa shape index (κ3) is 2.33.